The zero-order valence-electron chi connectivity index (χ0n) is 24.9. The summed E-state index contributed by atoms with van der Waals surface area (Å²) in [7, 11) is 1.92. The van der Waals surface area contributed by atoms with E-state index in [1.165, 1.54) is 96.3 Å². The molecule has 1 rings (SSSR count). The van der Waals surface area contributed by atoms with E-state index in [2.05, 4.69) is 6.92 Å². The van der Waals surface area contributed by atoms with Crippen LogP contribution in [0.25, 0.3) is 0 Å². The van der Waals surface area contributed by atoms with Gasteiger partial charge in [0.25, 0.3) is 0 Å². The highest BCUT2D eigenvalue weighted by Crippen LogP contribution is 2.45. The molecule has 1 aliphatic rings. The summed E-state index contributed by atoms with van der Waals surface area (Å²) in [4.78, 5) is 10.0. The van der Waals surface area contributed by atoms with Crippen molar-refractivity contribution in [3.05, 3.63) is 0 Å². The number of unbranched alkanes of at least 4 members (excludes halogenated alkanes) is 15. The lowest BCUT2D eigenvalue weighted by atomic mass is 10.0. The molecule has 0 saturated carbocycles. The smallest absolute Gasteiger partial charge is 0.378 e. The second-order valence-corrected chi connectivity index (χ2v) is 13.5. The van der Waals surface area contributed by atoms with E-state index in [1.807, 2.05) is 21.1 Å². The minimum absolute atomic E-state index is 0.0180. The van der Waals surface area contributed by atoms with Crippen LogP contribution in [-0.2, 0) is 23.1 Å². The molecule has 0 radical (unpaired) electrons. The van der Waals surface area contributed by atoms with E-state index in [4.69, 9.17) is 18.5 Å². The summed E-state index contributed by atoms with van der Waals surface area (Å²) in [6, 6.07) is 0. The molecule has 7 nitrogen and oxygen atoms in total. The number of hydrogen-bond donors (Lipinski definition) is 1. The molecule has 1 saturated heterocycles. The second kappa shape index (κ2) is 20.8. The molecule has 0 aliphatic carbocycles. The molecule has 222 valence electrons. The maximum absolute atomic E-state index is 12.2. The maximum Gasteiger partial charge on any atom is 0.472 e. The van der Waals surface area contributed by atoms with Crippen molar-refractivity contribution in [3.63, 3.8) is 0 Å². The summed E-state index contributed by atoms with van der Waals surface area (Å²) in [6.45, 7) is 4.81. The first kappa shape index (κ1) is 35.0. The minimum Gasteiger partial charge on any atom is -0.378 e. The van der Waals surface area contributed by atoms with E-state index >= 15 is 0 Å². The summed E-state index contributed by atoms with van der Waals surface area (Å²) in [6.07, 6.45) is 23.3. The van der Waals surface area contributed by atoms with Crippen LogP contribution < -0.4 is 0 Å². The Bertz CT molecular complexity index is 577. The first-order chi connectivity index (χ1) is 17.7. The highest BCUT2D eigenvalue weighted by atomic mass is 31.2. The van der Waals surface area contributed by atoms with Gasteiger partial charge in [-0.3, -0.25) is 9.05 Å². The lowest BCUT2D eigenvalue weighted by Gasteiger charge is -2.29. The van der Waals surface area contributed by atoms with Crippen molar-refractivity contribution in [1.82, 2.24) is 0 Å². The largest absolute Gasteiger partial charge is 0.472 e. The molecule has 1 fully saturated rings. The Morgan fingerprint density at radius 3 is 1.73 bits per heavy atom. The first-order valence-corrected chi connectivity index (χ1v) is 16.8. The number of nitrogens with zero attached hydrogens (tertiary/aromatic N) is 1. The Balaban J connectivity index is 1.99. The van der Waals surface area contributed by atoms with Crippen LogP contribution in [0.2, 0.25) is 0 Å². The molecule has 2 atom stereocenters. The van der Waals surface area contributed by atoms with Crippen molar-refractivity contribution >= 4 is 7.82 Å². The predicted molar refractivity (Wildman–Crippen MR) is 153 cm³/mol. The number of phosphoric acid groups is 1. The van der Waals surface area contributed by atoms with E-state index in [-0.39, 0.29) is 13.2 Å². The Labute approximate surface area is 229 Å². The molecule has 8 heteroatoms. The van der Waals surface area contributed by atoms with Crippen LogP contribution in [0.5, 0.6) is 0 Å². The van der Waals surface area contributed by atoms with Crippen LogP contribution in [0.1, 0.15) is 122 Å². The fourth-order valence-electron chi connectivity index (χ4n) is 4.70. The van der Waals surface area contributed by atoms with Gasteiger partial charge in [-0.05, 0) is 19.3 Å². The van der Waals surface area contributed by atoms with Gasteiger partial charge in [0.15, 0.2) is 0 Å². The van der Waals surface area contributed by atoms with Gasteiger partial charge in [-0.2, -0.15) is 0 Å². The Morgan fingerprint density at radius 1 is 0.757 bits per heavy atom. The van der Waals surface area contributed by atoms with Crippen LogP contribution in [-0.4, -0.2) is 75.7 Å². The maximum atomic E-state index is 12.2. The van der Waals surface area contributed by atoms with Gasteiger partial charge in [0.1, 0.15) is 18.8 Å². The zero-order chi connectivity index (χ0) is 27.3. The molecule has 0 aromatic heterocycles. The molecule has 0 spiro atoms. The monoisotopic (exact) mass is 550 g/mol. The predicted octanol–water partition coefficient (Wildman–Crippen LogP) is 7.65. The molecule has 1 N–H and O–H groups in total. The van der Waals surface area contributed by atoms with Gasteiger partial charge in [0.05, 0.1) is 34.4 Å². The molecule has 0 aromatic carbocycles. The minimum atomic E-state index is -4.10. The van der Waals surface area contributed by atoms with Crippen LogP contribution in [0.4, 0.5) is 0 Å². The summed E-state index contributed by atoms with van der Waals surface area (Å²) in [5, 5.41) is 0. The molecule has 0 amide bonds. The normalized spacial score (nSPS) is 19.9. The standard InChI is InChI=1S/C29H60NO6P/c1-5-6-7-8-9-10-11-12-13-14-15-16-17-18-19-20-24-33-27-29(22-21-25-34-29)28-36-37(31,32)35-26-23-30(2,3)4/h5-28H2,1-4H3/p+1. The van der Waals surface area contributed by atoms with Crippen LogP contribution in [0.15, 0.2) is 0 Å². The van der Waals surface area contributed by atoms with Gasteiger partial charge in [0.2, 0.25) is 0 Å². The molecule has 1 heterocycles. The van der Waals surface area contributed by atoms with E-state index in [1.54, 1.807) is 0 Å². The highest BCUT2D eigenvalue weighted by molar-refractivity contribution is 7.47. The topological polar surface area (TPSA) is 74.2 Å². The summed E-state index contributed by atoms with van der Waals surface area (Å²) in [5.74, 6) is 0. The van der Waals surface area contributed by atoms with Crippen molar-refractivity contribution in [3.8, 4) is 0 Å². The number of phosphoric ester groups is 1. The van der Waals surface area contributed by atoms with Crippen molar-refractivity contribution < 1.29 is 32.5 Å². The zero-order valence-corrected chi connectivity index (χ0v) is 25.7. The Morgan fingerprint density at radius 2 is 1.27 bits per heavy atom. The van der Waals surface area contributed by atoms with Gasteiger partial charge < -0.3 is 18.9 Å². The van der Waals surface area contributed by atoms with Crippen molar-refractivity contribution in [2.45, 2.75) is 128 Å². The Kier molecular flexibility index (Phi) is 19.7. The number of ether oxygens (including phenoxy) is 2. The Hall–Kier alpha value is -0.0100. The molecule has 0 bridgehead atoms. The average Bonchev–Trinajstić information content (AvgIpc) is 3.30. The number of rotatable bonds is 26. The quantitative estimate of drug-likeness (QED) is 0.0677. The lowest BCUT2D eigenvalue weighted by molar-refractivity contribution is -0.870. The number of likely N-dealkylation sites (N-methyl/N-ethyl adjacent to an activating group) is 1. The number of hydrogen-bond acceptors (Lipinski definition) is 5. The molecule has 1 aliphatic heterocycles. The molecule has 37 heavy (non-hydrogen) atoms. The summed E-state index contributed by atoms with van der Waals surface area (Å²) >= 11 is 0. The molecule has 0 aromatic rings. The highest BCUT2D eigenvalue weighted by Gasteiger charge is 2.39. The fraction of sp³-hybridized carbons (Fsp3) is 1.00. The van der Waals surface area contributed by atoms with E-state index in [9.17, 15) is 9.46 Å². The van der Waals surface area contributed by atoms with E-state index < -0.39 is 13.4 Å². The van der Waals surface area contributed by atoms with Crippen molar-refractivity contribution in [2.75, 3.05) is 60.7 Å². The molecule has 2 unspecified atom stereocenters. The van der Waals surface area contributed by atoms with Gasteiger partial charge in [-0.1, -0.05) is 103 Å². The fourth-order valence-corrected chi connectivity index (χ4v) is 5.49. The van der Waals surface area contributed by atoms with Gasteiger partial charge in [-0.25, -0.2) is 4.57 Å². The van der Waals surface area contributed by atoms with Gasteiger partial charge in [-0.15, -0.1) is 0 Å². The van der Waals surface area contributed by atoms with E-state index in [0.717, 1.165) is 19.3 Å². The molecular weight excluding hydrogens is 489 g/mol. The lowest BCUT2D eigenvalue weighted by Crippen LogP contribution is -2.39. The summed E-state index contributed by atoms with van der Waals surface area (Å²) < 4.78 is 35.1. The van der Waals surface area contributed by atoms with Crippen LogP contribution >= 0.6 is 7.82 Å². The van der Waals surface area contributed by atoms with Crippen LogP contribution in [0, 0.1) is 0 Å². The second-order valence-electron chi connectivity index (χ2n) is 12.1. The first-order valence-electron chi connectivity index (χ1n) is 15.3. The number of quaternary nitrogens is 1. The van der Waals surface area contributed by atoms with Gasteiger partial charge in [0, 0.05) is 13.2 Å². The molecular formula is C29H61NO6P+. The van der Waals surface area contributed by atoms with Gasteiger partial charge >= 0.3 is 7.82 Å². The third kappa shape index (κ3) is 20.5. The summed E-state index contributed by atoms with van der Waals surface area (Å²) in [5.41, 5.74) is -0.642. The third-order valence-electron chi connectivity index (χ3n) is 7.20. The van der Waals surface area contributed by atoms with E-state index in [0.29, 0.717) is 30.8 Å². The third-order valence-corrected chi connectivity index (χ3v) is 8.16. The SMILES string of the molecule is CCCCCCCCCCCCCCCCCCOCC1(COP(=O)(O)OCC[N+](C)(C)C)CCCO1. The van der Waals surface area contributed by atoms with Crippen molar-refractivity contribution in [2.24, 2.45) is 0 Å². The average molecular weight is 551 g/mol. The van der Waals surface area contributed by atoms with Crippen molar-refractivity contribution in [1.29, 1.82) is 0 Å². The van der Waals surface area contributed by atoms with Crippen LogP contribution in [0.3, 0.4) is 0 Å².